The van der Waals surface area contributed by atoms with Crippen LogP contribution in [0.25, 0.3) is 11.4 Å². The van der Waals surface area contributed by atoms with Crippen molar-refractivity contribution in [2.24, 2.45) is 0 Å². The molecule has 0 aliphatic heterocycles. The van der Waals surface area contributed by atoms with Gasteiger partial charge in [-0.05, 0) is 37.1 Å². The molecular weight excluding hydrogens is 446 g/mol. The molecule has 0 saturated heterocycles. The van der Waals surface area contributed by atoms with Gasteiger partial charge in [0.15, 0.2) is 5.82 Å². The second kappa shape index (κ2) is 9.72. The molecule has 0 aliphatic rings. The molecule has 33 heavy (non-hydrogen) atoms. The highest BCUT2D eigenvalue weighted by Gasteiger charge is 2.21. The van der Waals surface area contributed by atoms with Gasteiger partial charge in [0.1, 0.15) is 17.7 Å². The lowest BCUT2D eigenvalue weighted by Crippen LogP contribution is -2.31. The van der Waals surface area contributed by atoms with Crippen LogP contribution < -0.4 is 10.6 Å². The van der Waals surface area contributed by atoms with E-state index < -0.39 is 11.9 Å². The summed E-state index contributed by atoms with van der Waals surface area (Å²) in [4.78, 5) is 34.1. The highest BCUT2D eigenvalue weighted by Crippen LogP contribution is 2.23. The van der Waals surface area contributed by atoms with Crippen LogP contribution in [-0.2, 0) is 0 Å². The first kappa shape index (κ1) is 22.3. The number of aliphatic hydroxyl groups is 1. The van der Waals surface area contributed by atoms with Gasteiger partial charge in [0.2, 0.25) is 5.95 Å². The van der Waals surface area contributed by atoms with Gasteiger partial charge in [0.05, 0.1) is 18.3 Å². The van der Waals surface area contributed by atoms with Crippen molar-refractivity contribution in [1.82, 2.24) is 30.2 Å². The van der Waals surface area contributed by atoms with E-state index in [0.29, 0.717) is 39.4 Å². The Morgan fingerprint density at radius 3 is 2.76 bits per heavy atom. The largest absolute Gasteiger partial charge is 0.440 e. The molecule has 0 bridgehead atoms. The van der Waals surface area contributed by atoms with E-state index in [1.165, 1.54) is 6.26 Å². The molecule has 3 heterocycles. The predicted octanol–water partition coefficient (Wildman–Crippen LogP) is 3.40. The van der Waals surface area contributed by atoms with Crippen LogP contribution in [0.3, 0.4) is 0 Å². The molecule has 4 rings (SSSR count). The van der Waals surface area contributed by atoms with E-state index in [1.54, 1.807) is 42.9 Å². The van der Waals surface area contributed by atoms with Crippen LogP contribution in [0.15, 0.2) is 53.5 Å². The average Bonchev–Trinajstić information content (AvgIpc) is 3.30. The molecule has 4 aromatic rings. The number of amides is 1. The molecule has 0 aliphatic carbocycles. The number of carbonyl (C=O) groups excluding carboxylic acids is 1. The van der Waals surface area contributed by atoms with Crippen molar-refractivity contribution in [3.05, 3.63) is 76.9 Å². The molecule has 3 aromatic heterocycles. The summed E-state index contributed by atoms with van der Waals surface area (Å²) < 4.78 is 5.38. The first-order chi connectivity index (χ1) is 15.9. The van der Waals surface area contributed by atoms with Gasteiger partial charge in [0.25, 0.3) is 5.89 Å². The summed E-state index contributed by atoms with van der Waals surface area (Å²) in [6.07, 6.45) is 6.13. The molecule has 0 spiro atoms. The van der Waals surface area contributed by atoms with E-state index in [4.69, 9.17) is 16.0 Å². The normalized spacial score (nSPS) is 11.8. The van der Waals surface area contributed by atoms with Crippen molar-refractivity contribution in [3.8, 4) is 11.4 Å². The topological polar surface area (TPSA) is 139 Å². The molecule has 3 N–H and O–H groups in total. The number of nitrogens with one attached hydrogen (secondary N) is 2. The van der Waals surface area contributed by atoms with Crippen LogP contribution in [0.4, 0.5) is 11.8 Å². The third-order valence-electron chi connectivity index (χ3n) is 4.76. The Balaban J connectivity index is 1.54. The summed E-state index contributed by atoms with van der Waals surface area (Å²) in [5, 5.41) is 15.9. The molecule has 0 radical (unpaired) electrons. The number of aryl methyl sites for hydroxylation is 2. The Bertz CT molecular complexity index is 1290. The average molecular weight is 466 g/mol. The van der Waals surface area contributed by atoms with Crippen LogP contribution in [0.5, 0.6) is 0 Å². The van der Waals surface area contributed by atoms with E-state index in [9.17, 15) is 9.90 Å². The van der Waals surface area contributed by atoms with E-state index in [-0.39, 0.29) is 12.5 Å². The zero-order chi connectivity index (χ0) is 23.4. The van der Waals surface area contributed by atoms with Crippen LogP contribution >= 0.6 is 11.6 Å². The van der Waals surface area contributed by atoms with E-state index in [1.807, 2.05) is 13.8 Å². The Labute approximate surface area is 194 Å². The molecule has 0 unspecified atom stereocenters. The van der Waals surface area contributed by atoms with Gasteiger partial charge in [-0.2, -0.15) is 0 Å². The lowest BCUT2D eigenvalue weighted by atomic mass is 10.1. The molecule has 11 heteroatoms. The van der Waals surface area contributed by atoms with Gasteiger partial charge in [-0.25, -0.2) is 19.9 Å². The van der Waals surface area contributed by atoms with Gasteiger partial charge in [-0.15, -0.1) is 0 Å². The van der Waals surface area contributed by atoms with Gasteiger partial charge < -0.3 is 20.2 Å². The first-order valence-corrected chi connectivity index (χ1v) is 10.3. The summed E-state index contributed by atoms with van der Waals surface area (Å²) in [6, 6.07) is 6.20. The predicted molar refractivity (Wildman–Crippen MR) is 121 cm³/mol. The lowest BCUT2D eigenvalue weighted by Gasteiger charge is -2.15. The van der Waals surface area contributed by atoms with Crippen molar-refractivity contribution < 1.29 is 14.3 Å². The molecule has 1 aromatic carbocycles. The SMILES string of the molecule is Cc1cnc(Nc2nccnc2C)nc1-c1coc(C(=O)N[C@H](CO)c2cccc(Cl)c2)n1. The molecule has 0 saturated carbocycles. The summed E-state index contributed by atoms with van der Waals surface area (Å²) >= 11 is 6.01. The van der Waals surface area contributed by atoms with Crippen LogP contribution in [0.1, 0.15) is 33.5 Å². The van der Waals surface area contributed by atoms with Gasteiger partial charge in [-0.3, -0.25) is 9.78 Å². The fourth-order valence-electron chi connectivity index (χ4n) is 3.06. The number of aromatic nitrogens is 5. The molecule has 1 atom stereocenters. The van der Waals surface area contributed by atoms with Gasteiger partial charge in [0, 0.05) is 23.6 Å². The highest BCUT2D eigenvalue weighted by molar-refractivity contribution is 6.30. The number of rotatable bonds is 7. The number of oxazole rings is 1. The van der Waals surface area contributed by atoms with E-state index in [2.05, 4.69) is 35.6 Å². The number of nitrogens with zero attached hydrogens (tertiary/aromatic N) is 5. The minimum atomic E-state index is -0.668. The second-order valence-corrected chi connectivity index (χ2v) is 7.58. The second-order valence-electron chi connectivity index (χ2n) is 7.14. The summed E-state index contributed by atoms with van der Waals surface area (Å²) in [5.41, 5.74) is 2.95. The Morgan fingerprint density at radius 2 is 2.00 bits per heavy atom. The van der Waals surface area contributed by atoms with Gasteiger partial charge >= 0.3 is 5.91 Å². The third kappa shape index (κ3) is 5.13. The maximum atomic E-state index is 12.7. The fourth-order valence-corrected chi connectivity index (χ4v) is 3.26. The van der Waals surface area contributed by atoms with Crippen molar-refractivity contribution in [1.29, 1.82) is 0 Å². The molecule has 1 amide bonds. The number of benzene rings is 1. The zero-order valence-electron chi connectivity index (χ0n) is 17.8. The summed E-state index contributed by atoms with van der Waals surface area (Å²) in [5.74, 6) is 0.0846. The number of aliphatic hydroxyl groups excluding tert-OH is 1. The third-order valence-corrected chi connectivity index (χ3v) is 5.00. The zero-order valence-corrected chi connectivity index (χ0v) is 18.5. The number of anilines is 2. The standard InChI is InChI=1S/C22H20ClN7O3/c1-12-9-26-22(30-19-13(2)24-6-7-25-19)29-18(12)17-11-33-21(28-17)20(32)27-16(10-31)14-4-3-5-15(23)8-14/h3-9,11,16,31H,10H2,1-2H3,(H,27,32)(H,25,26,29,30)/t16-/m1/s1. The first-order valence-electron chi connectivity index (χ1n) is 9.96. The maximum Gasteiger partial charge on any atom is 0.307 e. The van der Waals surface area contributed by atoms with Crippen LogP contribution in [-0.4, -0.2) is 42.5 Å². The molecule has 0 fully saturated rings. The quantitative estimate of drug-likeness (QED) is 0.374. The summed E-state index contributed by atoms with van der Waals surface area (Å²) in [7, 11) is 0. The van der Waals surface area contributed by atoms with Crippen molar-refractivity contribution in [2.75, 3.05) is 11.9 Å². The van der Waals surface area contributed by atoms with Crippen LogP contribution in [0.2, 0.25) is 5.02 Å². The van der Waals surface area contributed by atoms with Crippen molar-refractivity contribution >= 4 is 29.3 Å². The number of halogens is 1. The number of hydrogen-bond acceptors (Lipinski definition) is 9. The van der Waals surface area contributed by atoms with E-state index in [0.717, 1.165) is 5.56 Å². The van der Waals surface area contributed by atoms with Crippen LogP contribution in [0, 0.1) is 13.8 Å². The summed E-state index contributed by atoms with van der Waals surface area (Å²) in [6.45, 7) is 3.32. The molecule has 10 nitrogen and oxygen atoms in total. The fraction of sp³-hybridized carbons (Fsp3) is 0.182. The number of hydrogen-bond donors (Lipinski definition) is 3. The van der Waals surface area contributed by atoms with Crippen molar-refractivity contribution in [3.63, 3.8) is 0 Å². The monoisotopic (exact) mass is 465 g/mol. The number of carbonyl (C=O) groups is 1. The smallest absolute Gasteiger partial charge is 0.307 e. The lowest BCUT2D eigenvalue weighted by molar-refractivity contribution is 0.0881. The Morgan fingerprint density at radius 1 is 1.18 bits per heavy atom. The Kier molecular flexibility index (Phi) is 6.57. The minimum absolute atomic E-state index is 0.164. The van der Waals surface area contributed by atoms with Gasteiger partial charge in [-0.1, -0.05) is 23.7 Å². The van der Waals surface area contributed by atoms with Crippen molar-refractivity contribution in [2.45, 2.75) is 19.9 Å². The minimum Gasteiger partial charge on any atom is -0.440 e. The van der Waals surface area contributed by atoms with E-state index >= 15 is 0 Å². The maximum absolute atomic E-state index is 12.7. The highest BCUT2D eigenvalue weighted by atomic mass is 35.5. The Hall–Kier alpha value is -3.89. The molecular formula is C22H20ClN7O3. The molecule has 168 valence electrons.